The molecule has 0 aliphatic heterocycles. The zero-order valence-electron chi connectivity index (χ0n) is 42.1. The van der Waals surface area contributed by atoms with Gasteiger partial charge in [-0.05, 0) is 51.4 Å². The van der Waals surface area contributed by atoms with E-state index in [1.807, 2.05) is 0 Å². The van der Waals surface area contributed by atoms with E-state index in [0.29, 0.717) is 12.8 Å². The molecule has 0 aromatic heterocycles. The van der Waals surface area contributed by atoms with Crippen LogP contribution in [0, 0.1) is 0 Å². The first-order valence-corrected chi connectivity index (χ1v) is 27.7. The van der Waals surface area contributed by atoms with Crippen molar-refractivity contribution in [3.8, 4) is 0 Å². The molecular formula is C58H106O5. The van der Waals surface area contributed by atoms with Crippen LogP contribution in [-0.2, 0) is 19.1 Å². The van der Waals surface area contributed by atoms with Gasteiger partial charge in [0.2, 0.25) is 0 Å². The predicted molar refractivity (Wildman–Crippen MR) is 274 cm³/mol. The average Bonchev–Trinajstić information content (AvgIpc) is 3.29. The van der Waals surface area contributed by atoms with E-state index in [-0.39, 0.29) is 25.2 Å². The summed E-state index contributed by atoms with van der Waals surface area (Å²) in [4.78, 5) is 24.5. The fourth-order valence-electron chi connectivity index (χ4n) is 8.26. The predicted octanol–water partition coefficient (Wildman–Crippen LogP) is 18.5. The van der Waals surface area contributed by atoms with Crippen molar-refractivity contribution in [3.63, 3.8) is 0 Å². The van der Waals surface area contributed by atoms with Crippen LogP contribution in [0.15, 0.2) is 48.6 Å². The van der Waals surface area contributed by atoms with Crippen LogP contribution >= 0.6 is 0 Å². The van der Waals surface area contributed by atoms with E-state index in [2.05, 4.69) is 62.5 Å². The Morgan fingerprint density at radius 2 is 0.683 bits per heavy atom. The first-order valence-electron chi connectivity index (χ1n) is 27.7. The SMILES string of the molecule is CC/C=C\C/C=C\C/C=C\C/C=C\CCCCCCCCCCCCCCCCCCC(=O)OC(CO)COC(=O)CCCCCCCCCCCCCCCCCCCCCC. The fourth-order valence-corrected chi connectivity index (χ4v) is 8.26. The van der Waals surface area contributed by atoms with Gasteiger partial charge in [0.1, 0.15) is 6.61 Å². The fraction of sp³-hybridized carbons (Fsp3) is 0.828. The molecule has 0 saturated carbocycles. The molecule has 63 heavy (non-hydrogen) atoms. The Bertz CT molecular complexity index is 1040. The molecule has 0 aliphatic carbocycles. The highest BCUT2D eigenvalue weighted by Gasteiger charge is 2.16. The van der Waals surface area contributed by atoms with Crippen molar-refractivity contribution in [1.29, 1.82) is 0 Å². The van der Waals surface area contributed by atoms with Crippen molar-refractivity contribution in [2.24, 2.45) is 0 Å². The second-order valence-electron chi connectivity index (χ2n) is 18.6. The van der Waals surface area contributed by atoms with Gasteiger partial charge in [0.25, 0.3) is 0 Å². The number of rotatable bonds is 51. The summed E-state index contributed by atoms with van der Waals surface area (Å²) in [6.45, 7) is 4.07. The molecule has 368 valence electrons. The summed E-state index contributed by atoms with van der Waals surface area (Å²) in [6, 6.07) is 0. The van der Waals surface area contributed by atoms with E-state index in [0.717, 1.165) is 57.8 Å². The molecule has 0 bridgehead atoms. The lowest BCUT2D eigenvalue weighted by Crippen LogP contribution is -2.28. The molecule has 1 atom stereocenters. The number of carbonyl (C=O) groups excluding carboxylic acids is 2. The zero-order valence-corrected chi connectivity index (χ0v) is 42.1. The molecule has 0 saturated heterocycles. The highest BCUT2D eigenvalue weighted by atomic mass is 16.6. The number of hydrogen-bond donors (Lipinski definition) is 1. The number of hydrogen-bond acceptors (Lipinski definition) is 5. The Hall–Kier alpha value is -2.14. The molecular weight excluding hydrogens is 777 g/mol. The molecule has 1 unspecified atom stereocenters. The number of allylic oxidation sites excluding steroid dienone is 8. The largest absolute Gasteiger partial charge is 0.462 e. The Morgan fingerprint density at radius 3 is 1.03 bits per heavy atom. The smallest absolute Gasteiger partial charge is 0.306 e. The van der Waals surface area contributed by atoms with E-state index < -0.39 is 6.10 Å². The molecule has 5 nitrogen and oxygen atoms in total. The summed E-state index contributed by atoms with van der Waals surface area (Å²) in [7, 11) is 0. The van der Waals surface area contributed by atoms with Crippen molar-refractivity contribution in [2.45, 2.75) is 296 Å². The monoisotopic (exact) mass is 883 g/mol. The third-order valence-electron chi connectivity index (χ3n) is 12.4. The summed E-state index contributed by atoms with van der Waals surface area (Å²) in [5, 5.41) is 9.65. The van der Waals surface area contributed by atoms with Gasteiger partial charge >= 0.3 is 11.9 Å². The minimum absolute atomic E-state index is 0.0610. The van der Waals surface area contributed by atoms with E-state index in [1.165, 1.54) is 205 Å². The van der Waals surface area contributed by atoms with Gasteiger partial charge in [0.15, 0.2) is 6.10 Å². The molecule has 0 aliphatic rings. The van der Waals surface area contributed by atoms with Crippen molar-refractivity contribution in [1.82, 2.24) is 0 Å². The standard InChI is InChI=1S/C58H106O5/c1-3-5-7-9-11-13-15-17-19-21-23-25-26-27-28-29-30-31-32-33-35-37-39-41-43-45-47-49-51-53-58(61)63-56(54-59)55-62-57(60)52-50-48-46-44-42-40-38-36-34-24-22-20-18-16-14-12-10-8-6-4-2/h5,7,11,13,17,19,23,25,56,59H,3-4,6,8-10,12,14-16,18,20-22,24,26-55H2,1-2H3/b7-5-,13-11-,19-17-,25-23-. The van der Waals surface area contributed by atoms with Gasteiger partial charge in [-0.15, -0.1) is 0 Å². The molecule has 1 N–H and O–H groups in total. The normalized spacial score (nSPS) is 12.5. The third kappa shape index (κ3) is 52.4. The van der Waals surface area contributed by atoms with E-state index >= 15 is 0 Å². The van der Waals surface area contributed by atoms with Crippen LogP contribution < -0.4 is 0 Å². The van der Waals surface area contributed by atoms with Crippen molar-refractivity contribution < 1.29 is 24.2 Å². The Balaban J connectivity index is 3.44. The summed E-state index contributed by atoms with van der Waals surface area (Å²) < 4.78 is 10.7. The number of carbonyl (C=O) groups is 2. The zero-order chi connectivity index (χ0) is 45.6. The number of ether oxygens (including phenoxy) is 2. The van der Waals surface area contributed by atoms with Crippen LogP contribution in [-0.4, -0.2) is 36.4 Å². The van der Waals surface area contributed by atoms with Crippen LogP contribution in [0.3, 0.4) is 0 Å². The lowest BCUT2D eigenvalue weighted by molar-refractivity contribution is -0.161. The van der Waals surface area contributed by atoms with Gasteiger partial charge in [0, 0.05) is 12.8 Å². The Labute approximate surface area is 392 Å². The molecule has 0 rings (SSSR count). The van der Waals surface area contributed by atoms with Crippen molar-refractivity contribution in [3.05, 3.63) is 48.6 Å². The summed E-state index contributed by atoms with van der Waals surface area (Å²) in [5.74, 6) is -0.574. The lowest BCUT2D eigenvalue weighted by atomic mass is 10.0. The Kier molecular flexibility index (Phi) is 52.4. The average molecular weight is 883 g/mol. The van der Waals surface area contributed by atoms with Crippen molar-refractivity contribution >= 4 is 11.9 Å². The second kappa shape index (κ2) is 54.2. The molecule has 0 fully saturated rings. The number of esters is 2. The minimum Gasteiger partial charge on any atom is -0.462 e. The molecule has 0 heterocycles. The summed E-state index contributed by atoms with van der Waals surface area (Å²) >= 11 is 0. The Morgan fingerprint density at radius 1 is 0.381 bits per heavy atom. The quantitative estimate of drug-likeness (QED) is 0.0374. The van der Waals surface area contributed by atoms with E-state index in [9.17, 15) is 14.7 Å². The maximum Gasteiger partial charge on any atom is 0.306 e. The summed E-state index contributed by atoms with van der Waals surface area (Å²) in [6.07, 6.45) is 70.8. The molecule has 5 heteroatoms. The molecule has 0 aromatic carbocycles. The van der Waals surface area contributed by atoms with Gasteiger partial charge in [-0.3, -0.25) is 9.59 Å². The van der Waals surface area contributed by atoms with Gasteiger partial charge in [-0.1, -0.05) is 274 Å². The van der Waals surface area contributed by atoms with Crippen LogP contribution in [0.25, 0.3) is 0 Å². The van der Waals surface area contributed by atoms with Crippen LogP contribution in [0.4, 0.5) is 0 Å². The number of aliphatic hydroxyl groups excluding tert-OH is 1. The lowest BCUT2D eigenvalue weighted by Gasteiger charge is -2.15. The van der Waals surface area contributed by atoms with Gasteiger partial charge in [-0.2, -0.15) is 0 Å². The molecule has 0 radical (unpaired) electrons. The van der Waals surface area contributed by atoms with Crippen LogP contribution in [0.1, 0.15) is 290 Å². The molecule has 0 aromatic rings. The first-order chi connectivity index (χ1) is 31.1. The van der Waals surface area contributed by atoms with Crippen molar-refractivity contribution in [2.75, 3.05) is 13.2 Å². The van der Waals surface area contributed by atoms with Gasteiger partial charge in [0.05, 0.1) is 6.61 Å². The first kappa shape index (κ1) is 60.9. The highest BCUT2D eigenvalue weighted by Crippen LogP contribution is 2.17. The number of unbranched alkanes of at least 4 members (excludes halogenated alkanes) is 35. The highest BCUT2D eigenvalue weighted by molar-refractivity contribution is 5.70. The molecule has 0 amide bonds. The summed E-state index contributed by atoms with van der Waals surface area (Å²) in [5.41, 5.74) is 0. The van der Waals surface area contributed by atoms with E-state index in [4.69, 9.17) is 9.47 Å². The topological polar surface area (TPSA) is 72.8 Å². The van der Waals surface area contributed by atoms with Gasteiger partial charge in [-0.25, -0.2) is 0 Å². The maximum atomic E-state index is 12.3. The van der Waals surface area contributed by atoms with Gasteiger partial charge < -0.3 is 14.6 Å². The van der Waals surface area contributed by atoms with E-state index in [1.54, 1.807) is 0 Å². The minimum atomic E-state index is -0.770. The maximum absolute atomic E-state index is 12.3. The third-order valence-corrected chi connectivity index (χ3v) is 12.4. The van der Waals surface area contributed by atoms with Crippen LogP contribution in [0.5, 0.6) is 0 Å². The van der Waals surface area contributed by atoms with Crippen LogP contribution in [0.2, 0.25) is 0 Å². The number of aliphatic hydroxyl groups is 1. The molecule has 0 spiro atoms. The second-order valence-corrected chi connectivity index (χ2v) is 18.6.